The Morgan fingerprint density at radius 3 is 2.71 bits per heavy atom. The number of rotatable bonds is 4. The molecular weight excluding hydrogens is 296 g/mol. The summed E-state index contributed by atoms with van der Waals surface area (Å²) in [7, 11) is 0. The van der Waals surface area contributed by atoms with Crippen LogP contribution >= 0.6 is 15.9 Å². The average Bonchev–Trinajstić information content (AvgIpc) is 2.21. The number of hydrogen-bond acceptors (Lipinski definition) is 2. The van der Waals surface area contributed by atoms with Crippen molar-refractivity contribution in [2.75, 3.05) is 11.9 Å². The van der Waals surface area contributed by atoms with Gasteiger partial charge in [0.15, 0.2) is 0 Å². The quantitative estimate of drug-likeness (QED) is 0.840. The van der Waals surface area contributed by atoms with Crippen molar-refractivity contribution in [1.82, 2.24) is 0 Å². The minimum Gasteiger partial charge on any atom is -0.478 e. The molecule has 0 unspecified atom stereocenters. The maximum atomic E-state index is 13.3. The highest BCUT2D eigenvalue weighted by molar-refractivity contribution is 9.10. The molecule has 0 bridgehead atoms. The van der Waals surface area contributed by atoms with Crippen LogP contribution in [0.3, 0.4) is 0 Å². The molecule has 1 aromatic carbocycles. The second-order valence-corrected chi connectivity index (χ2v) is 4.17. The lowest BCUT2D eigenvalue weighted by Gasteiger charge is -2.08. The maximum Gasteiger partial charge on any atom is 0.331 e. The number of nitrogens with one attached hydrogen (secondary N) is 1. The zero-order chi connectivity index (χ0) is 13.0. The number of halogens is 3. The summed E-state index contributed by atoms with van der Waals surface area (Å²) < 4.78 is 26.3. The Balaban J connectivity index is 2.77. The summed E-state index contributed by atoms with van der Waals surface area (Å²) in [5.41, 5.74) is 0.247. The highest BCUT2D eigenvalue weighted by Gasteiger charge is 2.08. The predicted octanol–water partition coefficient (Wildman–Crippen LogP) is 3.17. The molecule has 0 aliphatic rings. The van der Waals surface area contributed by atoms with Gasteiger partial charge in [-0.3, -0.25) is 0 Å². The molecule has 0 radical (unpaired) electrons. The van der Waals surface area contributed by atoms with Gasteiger partial charge in [-0.15, -0.1) is 0 Å². The van der Waals surface area contributed by atoms with Crippen LogP contribution in [0.15, 0.2) is 28.3 Å². The Bertz CT molecular complexity index is 452. The number of hydrogen-bond donors (Lipinski definition) is 2. The molecular formula is C11H10BrF2NO2. The summed E-state index contributed by atoms with van der Waals surface area (Å²) in [6.45, 7) is 1.57. The molecule has 1 rings (SSSR count). The van der Waals surface area contributed by atoms with E-state index in [9.17, 15) is 13.6 Å². The molecule has 3 nitrogen and oxygen atoms in total. The predicted molar refractivity (Wildman–Crippen MR) is 63.9 cm³/mol. The molecule has 0 saturated heterocycles. The molecule has 0 amide bonds. The molecule has 0 saturated carbocycles. The van der Waals surface area contributed by atoms with Crippen molar-refractivity contribution in [2.24, 2.45) is 0 Å². The Morgan fingerprint density at radius 1 is 1.53 bits per heavy atom. The summed E-state index contributed by atoms with van der Waals surface area (Å²) in [6, 6.07) is 1.88. The SMILES string of the molecule is CC(=CCNc1c(F)cc(F)cc1Br)C(=O)O. The van der Waals surface area contributed by atoms with Crippen molar-refractivity contribution in [3.63, 3.8) is 0 Å². The van der Waals surface area contributed by atoms with E-state index in [-0.39, 0.29) is 22.3 Å². The van der Waals surface area contributed by atoms with E-state index in [1.54, 1.807) is 0 Å². The van der Waals surface area contributed by atoms with E-state index >= 15 is 0 Å². The Hall–Kier alpha value is -1.43. The van der Waals surface area contributed by atoms with Gasteiger partial charge in [0.25, 0.3) is 0 Å². The number of carbonyl (C=O) groups is 1. The third kappa shape index (κ3) is 3.81. The van der Waals surface area contributed by atoms with Crippen LogP contribution in [0, 0.1) is 11.6 Å². The zero-order valence-corrected chi connectivity index (χ0v) is 10.5. The minimum atomic E-state index is -1.04. The fourth-order valence-electron chi connectivity index (χ4n) is 1.10. The van der Waals surface area contributed by atoms with Crippen LogP contribution < -0.4 is 5.32 Å². The van der Waals surface area contributed by atoms with E-state index in [1.807, 2.05) is 0 Å². The first-order valence-corrected chi connectivity index (χ1v) is 5.49. The standard InChI is InChI=1S/C11H10BrF2NO2/c1-6(11(16)17)2-3-15-10-8(12)4-7(13)5-9(10)14/h2,4-5,15H,3H2,1H3,(H,16,17). The van der Waals surface area contributed by atoms with Crippen molar-refractivity contribution in [1.29, 1.82) is 0 Å². The first kappa shape index (κ1) is 13.6. The van der Waals surface area contributed by atoms with Gasteiger partial charge in [0.05, 0.1) is 5.69 Å². The molecule has 2 N–H and O–H groups in total. The molecule has 0 aliphatic carbocycles. The van der Waals surface area contributed by atoms with Crippen molar-refractivity contribution < 1.29 is 18.7 Å². The third-order valence-corrected chi connectivity index (χ3v) is 2.66. The van der Waals surface area contributed by atoms with Gasteiger partial charge in [-0.25, -0.2) is 13.6 Å². The molecule has 0 atom stereocenters. The molecule has 0 aromatic heterocycles. The van der Waals surface area contributed by atoms with E-state index in [0.717, 1.165) is 12.1 Å². The highest BCUT2D eigenvalue weighted by atomic mass is 79.9. The molecule has 0 aliphatic heterocycles. The topological polar surface area (TPSA) is 49.3 Å². The van der Waals surface area contributed by atoms with Crippen molar-refractivity contribution in [3.05, 3.63) is 39.9 Å². The molecule has 1 aromatic rings. The van der Waals surface area contributed by atoms with Crippen molar-refractivity contribution >= 4 is 27.6 Å². The van der Waals surface area contributed by atoms with Crippen LogP contribution in [0.1, 0.15) is 6.92 Å². The molecule has 0 spiro atoms. The summed E-state index contributed by atoms with van der Waals surface area (Å²) in [6.07, 6.45) is 1.40. The van der Waals surface area contributed by atoms with E-state index in [1.165, 1.54) is 13.0 Å². The van der Waals surface area contributed by atoms with Crippen molar-refractivity contribution in [3.8, 4) is 0 Å². The van der Waals surface area contributed by atoms with Crippen LogP contribution in [-0.2, 0) is 4.79 Å². The van der Waals surface area contributed by atoms with Crippen LogP contribution in [-0.4, -0.2) is 17.6 Å². The molecule has 0 fully saturated rings. The van der Waals surface area contributed by atoms with Crippen LogP contribution in [0.2, 0.25) is 0 Å². The third-order valence-electron chi connectivity index (χ3n) is 2.03. The Morgan fingerprint density at radius 2 is 2.18 bits per heavy atom. The van der Waals surface area contributed by atoms with Crippen LogP contribution in [0.5, 0.6) is 0 Å². The fraction of sp³-hybridized carbons (Fsp3) is 0.182. The van der Waals surface area contributed by atoms with E-state index in [2.05, 4.69) is 21.2 Å². The lowest BCUT2D eigenvalue weighted by Crippen LogP contribution is -2.05. The molecule has 0 heterocycles. The highest BCUT2D eigenvalue weighted by Crippen LogP contribution is 2.26. The maximum absolute atomic E-state index is 13.3. The number of aliphatic carboxylic acids is 1. The van der Waals surface area contributed by atoms with Crippen molar-refractivity contribution in [2.45, 2.75) is 6.92 Å². The van der Waals surface area contributed by atoms with Gasteiger partial charge in [0, 0.05) is 22.7 Å². The molecule has 17 heavy (non-hydrogen) atoms. The average molecular weight is 306 g/mol. The normalized spacial score (nSPS) is 11.4. The van der Waals surface area contributed by atoms with Gasteiger partial charge < -0.3 is 10.4 Å². The minimum absolute atomic E-state index is 0.0980. The number of carboxylic acid groups (broad SMARTS) is 1. The summed E-state index contributed by atoms with van der Waals surface area (Å²) in [5, 5.41) is 11.3. The number of benzene rings is 1. The van der Waals surface area contributed by atoms with Crippen LogP contribution in [0.25, 0.3) is 0 Å². The number of anilines is 1. The van der Waals surface area contributed by atoms with Gasteiger partial charge in [-0.05, 0) is 28.9 Å². The second kappa shape index (κ2) is 5.77. The fourth-order valence-corrected chi connectivity index (χ4v) is 1.65. The van der Waals surface area contributed by atoms with Gasteiger partial charge in [0.2, 0.25) is 0 Å². The summed E-state index contributed by atoms with van der Waals surface area (Å²) in [5.74, 6) is -2.46. The van der Waals surface area contributed by atoms with E-state index in [0.29, 0.717) is 0 Å². The first-order valence-electron chi connectivity index (χ1n) is 4.70. The van der Waals surface area contributed by atoms with Gasteiger partial charge in [0.1, 0.15) is 11.6 Å². The lowest BCUT2D eigenvalue weighted by atomic mass is 10.2. The monoisotopic (exact) mass is 305 g/mol. The van der Waals surface area contributed by atoms with E-state index in [4.69, 9.17) is 5.11 Å². The lowest BCUT2D eigenvalue weighted by molar-refractivity contribution is -0.132. The smallest absolute Gasteiger partial charge is 0.331 e. The zero-order valence-electron chi connectivity index (χ0n) is 8.93. The first-order chi connectivity index (χ1) is 7.91. The Labute approximate surface area is 105 Å². The number of carboxylic acids is 1. The second-order valence-electron chi connectivity index (χ2n) is 3.32. The Kier molecular flexibility index (Phi) is 4.62. The van der Waals surface area contributed by atoms with Gasteiger partial charge in [-0.1, -0.05) is 6.08 Å². The summed E-state index contributed by atoms with van der Waals surface area (Å²) >= 11 is 3.01. The molecule has 92 valence electrons. The molecule has 6 heteroatoms. The van der Waals surface area contributed by atoms with E-state index < -0.39 is 17.6 Å². The van der Waals surface area contributed by atoms with Crippen LogP contribution in [0.4, 0.5) is 14.5 Å². The summed E-state index contributed by atoms with van der Waals surface area (Å²) in [4.78, 5) is 10.5. The van der Waals surface area contributed by atoms with Gasteiger partial charge >= 0.3 is 5.97 Å². The van der Waals surface area contributed by atoms with Gasteiger partial charge in [-0.2, -0.15) is 0 Å². The largest absolute Gasteiger partial charge is 0.478 e.